The van der Waals surface area contributed by atoms with Gasteiger partial charge in [-0.15, -0.1) is 0 Å². The van der Waals surface area contributed by atoms with Gasteiger partial charge in [-0.25, -0.2) is 0 Å². The van der Waals surface area contributed by atoms with E-state index in [9.17, 15) is 0 Å². The molecule has 0 aliphatic rings. The maximum atomic E-state index is 9.00. The van der Waals surface area contributed by atoms with Crippen molar-refractivity contribution in [1.29, 1.82) is 0 Å². The molecule has 6 heavy (non-hydrogen) atoms. The molecule has 0 spiro atoms. The van der Waals surface area contributed by atoms with Gasteiger partial charge in [0.05, 0.1) is 0 Å². The third-order valence-corrected chi connectivity index (χ3v) is 0. The monoisotopic (exact) mass is 234 g/mol. The van der Waals surface area contributed by atoms with Gasteiger partial charge >= 0.3 is 120 Å². The van der Waals surface area contributed by atoms with E-state index in [1.165, 1.54) is 0 Å². The molecule has 0 aromatic rings. The van der Waals surface area contributed by atoms with Crippen molar-refractivity contribution in [3.8, 4) is 0 Å². The second-order valence-corrected chi connectivity index (χ2v) is 0.519. The van der Waals surface area contributed by atoms with Crippen molar-refractivity contribution >= 4 is 5.97 Å². The van der Waals surface area contributed by atoms with Crippen molar-refractivity contribution in [2.75, 3.05) is 0 Å². The van der Waals surface area contributed by atoms with Crippen LogP contribution in [0.25, 0.3) is 0 Å². The fraction of sp³-hybridized carbons (Fsp3) is 0.500. The van der Waals surface area contributed by atoms with E-state index in [2.05, 4.69) is 0 Å². The van der Waals surface area contributed by atoms with Crippen LogP contribution in [0.15, 0.2) is 0 Å². The number of carboxylic acids is 1. The first kappa shape index (κ1) is 16.1. The Bertz CT molecular complexity index is 41.0. The Morgan fingerprint density at radius 1 is 1.83 bits per heavy atom. The molecule has 1 N–H and O–H groups in total. The van der Waals surface area contributed by atoms with Crippen LogP contribution in [0.2, 0.25) is 0 Å². The summed E-state index contributed by atoms with van der Waals surface area (Å²) in [5.74, 6) is -0.833. The van der Waals surface area contributed by atoms with Crippen LogP contribution in [0.4, 0.5) is 0 Å². The van der Waals surface area contributed by atoms with Crippen LogP contribution >= 0.6 is 0 Å². The van der Waals surface area contributed by atoms with Gasteiger partial charge < -0.3 is 7.96 Å². The average Bonchev–Trinajstić information content (AvgIpc) is 0.811. The third kappa shape index (κ3) is 27.2. The summed E-state index contributed by atoms with van der Waals surface area (Å²) in [5, 5.41) is 7.42. The first-order chi connectivity index (χ1) is 1.73. The third-order valence-electron chi connectivity index (χ3n) is 0. The van der Waals surface area contributed by atoms with Gasteiger partial charge in [-0.05, 0) is 0 Å². The molecule has 0 atom stereocenters. The zero-order valence-corrected chi connectivity index (χ0v) is 13.8. The number of carbonyl (C=O) groups is 1. The minimum absolute atomic E-state index is 0. The molecule has 0 rings (SSSR count). The number of hydrogen-bond donors (Lipinski definition) is 1. The van der Waals surface area contributed by atoms with Gasteiger partial charge in [-0.2, -0.15) is 0 Å². The summed E-state index contributed by atoms with van der Waals surface area (Å²) in [6.45, 7) is 1.08. The van der Waals surface area contributed by atoms with Crippen molar-refractivity contribution in [2.24, 2.45) is 0 Å². The van der Waals surface area contributed by atoms with Crippen molar-refractivity contribution < 1.29 is 133 Å². The molecule has 0 amide bonds. The largest absolute Gasteiger partial charge is 1.00 e. The molecule has 0 saturated heterocycles. The molecule has 0 unspecified atom stereocenters. The Morgan fingerprint density at radius 2 is 1.83 bits per heavy atom. The molecule has 0 saturated carbocycles. The molecule has 0 aliphatic carbocycles. The van der Waals surface area contributed by atoms with Crippen LogP contribution < -0.4 is 120 Å². The minimum Gasteiger partial charge on any atom is -1.00 e. The predicted molar refractivity (Wildman–Crippen MR) is 15.5 cm³/mol. The molecule has 2 nitrogen and oxygen atoms in total. The summed E-state index contributed by atoms with van der Waals surface area (Å²) in [4.78, 5) is 9.00. The Kier molecular flexibility index (Phi) is 29.5. The molecule has 0 heterocycles. The first-order valence-electron chi connectivity index (χ1n) is 0.928. The first-order valence-corrected chi connectivity index (χ1v) is 0.928. The maximum Gasteiger partial charge on any atom is 1.00 e. The summed E-state index contributed by atoms with van der Waals surface area (Å²) in [6.07, 6.45) is 0. The molecule has 4 heteroatoms. The van der Waals surface area contributed by atoms with Crippen LogP contribution in [0.1, 0.15) is 9.78 Å². The Balaban J connectivity index is -0.00000000750. The van der Waals surface area contributed by atoms with Gasteiger partial charge in [0, 0.05) is 6.92 Å². The molecular weight excluding hydrogens is 228 g/mol. The van der Waals surface area contributed by atoms with E-state index in [-0.39, 0.29) is 123 Å². The molecular formula is C2H6CsKO2. The fourth-order valence-corrected chi connectivity index (χ4v) is 0. The van der Waals surface area contributed by atoms with Crippen molar-refractivity contribution in [3.63, 3.8) is 0 Å². The van der Waals surface area contributed by atoms with Gasteiger partial charge in [0.2, 0.25) is 0 Å². The van der Waals surface area contributed by atoms with Gasteiger partial charge in [0.1, 0.15) is 0 Å². The minimum atomic E-state index is -0.833. The van der Waals surface area contributed by atoms with E-state index in [0.717, 1.165) is 6.92 Å². The number of aliphatic carboxylic acids is 1. The van der Waals surface area contributed by atoms with E-state index < -0.39 is 5.97 Å². The smallest absolute Gasteiger partial charge is 1.00 e. The quantitative estimate of drug-likeness (QED) is 0.424. The normalized spacial score (nSPS) is 4.17. The van der Waals surface area contributed by atoms with Gasteiger partial charge in [0.15, 0.2) is 0 Å². The fourth-order valence-electron chi connectivity index (χ4n) is 0. The molecule has 0 radical (unpaired) electrons. The number of carboxylic acid groups (broad SMARTS) is 1. The molecule has 0 aliphatic heterocycles. The van der Waals surface area contributed by atoms with Gasteiger partial charge in [-0.3, -0.25) is 4.79 Å². The van der Waals surface area contributed by atoms with E-state index in [1.807, 2.05) is 0 Å². The predicted octanol–water partition coefficient (Wildman–Crippen LogP) is -5.68. The number of rotatable bonds is 0. The Hall–Kier alpha value is 3.16. The maximum absolute atomic E-state index is 9.00. The van der Waals surface area contributed by atoms with Crippen LogP contribution in [0.3, 0.4) is 0 Å². The van der Waals surface area contributed by atoms with Gasteiger partial charge in [-0.1, -0.05) is 0 Å². The zero-order valence-electron chi connectivity index (χ0n) is 6.36. The Morgan fingerprint density at radius 3 is 1.83 bits per heavy atom. The summed E-state index contributed by atoms with van der Waals surface area (Å²) in [5.41, 5.74) is 0. The topological polar surface area (TPSA) is 37.3 Å². The van der Waals surface area contributed by atoms with Gasteiger partial charge in [0.25, 0.3) is 5.97 Å². The van der Waals surface area contributed by atoms with E-state index in [0.29, 0.717) is 0 Å². The van der Waals surface area contributed by atoms with E-state index >= 15 is 0 Å². The van der Waals surface area contributed by atoms with Crippen molar-refractivity contribution in [3.05, 3.63) is 0 Å². The zero-order chi connectivity index (χ0) is 3.58. The molecule has 0 aromatic heterocycles. The SMILES string of the molecule is CC(=O)O.[Cs+].[H-].[H-].[K+]. The summed E-state index contributed by atoms with van der Waals surface area (Å²) in [6, 6.07) is 0. The van der Waals surface area contributed by atoms with E-state index in [4.69, 9.17) is 9.90 Å². The molecule has 0 bridgehead atoms. The van der Waals surface area contributed by atoms with Crippen LogP contribution in [0, 0.1) is 0 Å². The standard InChI is InChI=1S/C2H4O2.Cs.K.2H/c1-2(3)4;;;;/h1H3,(H,3,4);;;;/q;2*+1;2*-1. The average molecular weight is 234 g/mol. The molecule has 28 valence electrons. The second-order valence-electron chi connectivity index (χ2n) is 0.519. The number of hydrogen-bond acceptors (Lipinski definition) is 1. The molecule has 0 fully saturated rings. The van der Waals surface area contributed by atoms with Crippen LogP contribution in [0.5, 0.6) is 0 Å². The summed E-state index contributed by atoms with van der Waals surface area (Å²) in [7, 11) is 0. The van der Waals surface area contributed by atoms with Crippen molar-refractivity contribution in [1.82, 2.24) is 0 Å². The molecule has 0 aromatic carbocycles. The summed E-state index contributed by atoms with van der Waals surface area (Å²) >= 11 is 0. The van der Waals surface area contributed by atoms with Crippen LogP contribution in [-0.2, 0) is 4.79 Å². The Labute approximate surface area is 141 Å². The summed E-state index contributed by atoms with van der Waals surface area (Å²) < 4.78 is 0. The van der Waals surface area contributed by atoms with Crippen LogP contribution in [-0.4, -0.2) is 11.1 Å². The van der Waals surface area contributed by atoms with Crippen molar-refractivity contribution in [2.45, 2.75) is 6.92 Å². The van der Waals surface area contributed by atoms with E-state index in [1.54, 1.807) is 0 Å². The second kappa shape index (κ2) is 11.0.